The van der Waals surface area contributed by atoms with Gasteiger partial charge in [-0.2, -0.15) is 0 Å². The molecule has 8 fully saturated rings. The Morgan fingerprint density at radius 3 is 1.06 bits per heavy atom. The molecule has 7 aromatic heterocycles. The summed E-state index contributed by atoms with van der Waals surface area (Å²) in [5.74, 6) is 5.11. The zero-order valence-corrected chi connectivity index (χ0v) is 74.7. The Bertz CT molecular complexity index is 3850. The summed E-state index contributed by atoms with van der Waals surface area (Å²) in [7, 11) is 6.43. The van der Waals surface area contributed by atoms with Crippen molar-refractivity contribution in [1.29, 1.82) is 0 Å². The molecule has 0 aliphatic carbocycles. The minimum Gasteiger partial charge on any atom is -0.486 e. The lowest BCUT2D eigenvalue weighted by Gasteiger charge is -2.43. The van der Waals surface area contributed by atoms with Crippen LogP contribution in [0.25, 0.3) is 0 Å². The van der Waals surface area contributed by atoms with Gasteiger partial charge in [0.25, 0.3) is 5.91 Å². The van der Waals surface area contributed by atoms with Crippen molar-refractivity contribution in [3.05, 3.63) is 179 Å². The molecule has 7 aromatic rings. The number of pyridine rings is 7. The smallest absolute Gasteiger partial charge is 0.255 e. The minimum atomic E-state index is 0.0520. The number of morpholine rings is 1. The van der Waals surface area contributed by atoms with Crippen LogP contribution < -0.4 is 24.3 Å². The minimum absolute atomic E-state index is 0.0520. The maximum atomic E-state index is 12.1. The molecule has 22 nitrogen and oxygen atoms in total. The summed E-state index contributed by atoms with van der Waals surface area (Å²) in [6.45, 7) is 65.2. The van der Waals surface area contributed by atoms with Crippen molar-refractivity contribution in [3.8, 4) is 5.75 Å². The number of carbonyl (C=O) groups excluding carboxylic acids is 1. The molecule has 0 atom stereocenters. The number of aromatic nitrogens is 7. The molecule has 0 radical (unpaired) electrons. The first-order chi connectivity index (χ1) is 55.7. The maximum Gasteiger partial charge on any atom is 0.255 e. The highest BCUT2D eigenvalue weighted by atomic mass is 16.5. The monoisotopic (exact) mass is 1590 g/mol. The van der Waals surface area contributed by atoms with Crippen molar-refractivity contribution in [1.82, 2.24) is 69.2 Å². The van der Waals surface area contributed by atoms with Gasteiger partial charge < -0.3 is 53.4 Å². The summed E-state index contributed by atoms with van der Waals surface area (Å²) in [5.41, 5.74) is 15.2. The van der Waals surface area contributed by atoms with Crippen molar-refractivity contribution in [2.75, 3.05) is 218 Å². The molecule has 8 saturated heterocycles. The Morgan fingerprint density at radius 1 is 0.379 bits per heavy atom. The Hall–Kier alpha value is -7.80. The zero-order valence-electron chi connectivity index (χ0n) is 74.7. The van der Waals surface area contributed by atoms with Gasteiger partial charge in [0.1, 0.15) is 11.9 Å². The second-order valence-electron chi connectivity index (χ2n) is 35.1. The van der Waals surface area contributed by atoms with E-state index in [4.69, 9.17) is 14.2 Å². The van der Waals surface area contributed by atoms with E-state index in [1.165, 1.54) is 89.5 Å². The van der Waals surface area contributed by atoms with Crippen LogP contribution in [0.1, 0.15) is 221 Å². The lowest BCUT2D eigenvalue weighted by molar-refractivity contribution is -0.0660. The summed E-state index contributed by atoms with van der Waals surface area (Å²) in [4.78, 5) is 69.5. The van der Waals surface area contributed by atoms with Crippen LogP contribution in [0.4, 0.5) is 22.7 Å². The second kappa shape index (κ2) is 46.5. The number of likely N-dealkylation sites (tertiary alicyclic amines) is 2. The van der Waals surface area contributed by atoms with Crippen LogP contribution in [-0.4, -0.2) is 291 Å². The van der Waals surface area contributed by atoms with E-state index in [1.54, 1.807) is 6.20 Å². The first kappa shape index (κ1) is 92.1. The quantitative estimate of drug-likeness (QED) is 0.0794. The fourth-order valence-electron chi connectivity index (χ4n) is 14.8. The average Bonchev–Trinajstić information content (AvgIpc) is 0.841. The van der Waals surface area contributed by atoms with Gasteiger partial charge in [-0.15, -0.1) is 0 Å². The van der Waals surface area contributed by atoms with Crippen molar-refractivity contribution in [2.45, 2.75) is 183 Å². The average molecular weight is 1590 g/mol. The molecule has 1 amide bonds. The lowest BCUT2D eigenvalue weighted by atomic mass is 9.93. The number of carbonyl (C=O) groups is 1. The van der Waals surface area contributed by atoms with Gasteiger partial charge in [0.05, 0.1) is 91.8 Å². The Morgan fingerprint density at radius 2 is 0.741 bits per heavy atom. The highest BCUT2D eigenvalue weighted by molar-refractivity contribution is 5.94. The Kier molecular flexibility index (Phi) is 36.9. The number of likely N-dealkylation sites (N-methyl/N-ethyl adjacent to an activating group) is 4. The summed E-state index contributed by atoms with van der Waals surface area (Å²) >= 11 is 0. The van der Waals surface area contributed by atoms with Gasteiger partial charge in [-0.3, -0.25) is 54.4 Å². The molecule has 0 saturated carbocycles. The highest BCUT2D eigenvalue weighted by Crippen LogP contribution is 2.28. The maximum absolute atomic E-state index is 12.1. The normalized spacial score (nSPS) is 18.4. The molecule has 0 unspecified atom stereocenters. The fraction of sp³-hybridized carbons (Fsp3) is 0.617. The molecule has 8 aliphatic rings. The van der Waals surface area contributed by atoms with Gasteiger partial charge in [-0.25, -0.2) is 0 Å². The highest BCUT2D eigenvalue weighted by Gasteiger charge is 2.31. The third-order valence-electron chi connectivity index (χ3n) is 23.3. The van der Waals surface area contributed by atoms with E-state index in [-0.39, 0.29) is 5.91 Å². The number of amides is 1. The molecule has 116 heavy (non-hydrogen) atoms. The van der Waals surface area contributed by atoms with Crippen LogP contribution in [0.2, 0.25) is 0 Å². The largest absolute Gasteiger partial charge is 0.486 e. The SMILES string of the molecule is CC(C)c1ccc(C(=O)N2CCOCC2)cn1.CC(C)c1ccc(C2CN(C)C2)cn1.CC(C)c1ccc(N2CCN(C(C)C)CC2)cn1.CC(C)c1ccc(N2CCN(C)CC2)cn1.CC(C)c1ccc(N2CCN(C3COC3)CC2)cn1.CC(C)c1ccc(OC2CN(C)C2)cn1.CCN1CCN(c2ccc(C(C)C)nc2)CC1. The van der Waals surface area contributed by atoms with E-state index >= 15 is 0 Å². The molecule has 0 aromatic carbocycles. The zero-order chi connectivity index (χ0) is 83.4. The van der Waals surface area contributed by atoms with Crippen LogP contribution in [-0.2, 0) is 9.47 Å². The number of hydrogen-bond acceptors (Lipinski definition) is 21. The predicted molar refractivity (Wildman–Crippen MR) is 479 cm³/mol. The number of hydrogen-bond donors (Lipinski definition) is 0. The molecular formula is C94H146N18O4. The molecule has 0 spiro atoms. The van der Waals surface area contributed by atoms with Gasteiger partial charge in [-0.1, -0.05) is 110 Å². The van der Waals surface area contributed by atoms with Gasteiger partial charge in [0, 0.05) is 208 Å². The molecule has 15 heterocycles. The van der Waals surface area contributed by atoms with Crippen molar-refractivity contribution in [3.63, 3.8) is 0 Å². The van der Waals surface area contributed by atoms with Crippen molar-refractivity contribution >= 4 is 28.7 Å². The topological polar surface area (TPSA) is 171 Å². The fourth-order valence-corrected chi connectivity index (χ4v) is 14.8. The van der Waals surface area contributed by atoms with Gasteiger partial charge in [0.2, 0.25) is 0 Å². The summed E-state index contributed by atoms with van der Waals surface area (Å²) in [6.07, 6.45) is 14.0. The van der Waals surface area contributed by atoms with Crippen molar-refractivity contribution in [2.24, 2.45) is 0 Å². The molecule has 0 bridgehead atoms. The summed E-state index contributed by atoms with van der Waals surface area (Å²) in [6, 6.07) is 31.1. The van der Waals surface area contributed by atoms with E-state index in [2.05, 4.69) is 283 Å². The van der Waals surface area contributed by atoms with Crippen LogP contribution in [0, 0.1) is 0 Å². The van der Waals surface area contributed by atoms with E-state index < -0.39 is 0 Å². The lowest BCUT2D eigenvalue weighted by Crippen LogP contribution is -2.56. The van der Waals surface area contributed by atoms with E-state index in [0.29, 0.717) is 97.4 Å². The van der Waals surface area contributed by atoms with Crippen LogP contribution in [0.15, 0.2) is 128 Å². The number of anilines is 4. The second-order valence-corrected chi connectivity index (χ2v) is 35.1. The van der Waals surface area contributed by atoms with Crippen LogP contribution in [0.5, 0.6) is 5.75 Å². The van der Waals surface area contributed by atoms with Crippen LogP contribution in [0.3, 0.4) is 0 Å². The third-order valence-corrected chi connectivity index (χ3v) is 23.3. The Balaban J connectivity index is 0.000000155. The number of piperazine rings is 4. The third kappa shape index (κ3) is 28.7. The number of rotatable bonds is 18. The van der Waals surface area contributed by atoms with Gasteiger partial charge in [-0.05, 0) is 167 Å². The standard InChI is InChI=1S/C15H23N3O.C15H25N3.C14H23N3.C13H21N3.C13H18N2O2.C12H18N2O.C12H18N2/c1-12(2)15-4-3-13(9-16-15)17-5-7-18(8-6-17)14-10-19-11-14;1-12(2)15-6-5-14(11-16-15)18-9-7-17(8-10-18)13(3)4;1-4-16-7-9-17(10-8-16)13-5-6-14(12(2)3)15-11-13;1-11(2)13-5-4-12(10-14-13)16-8-6-15(3)7-9-16;1-10(2)12-4-3-11(9-14-12)13(16)15-5-7-17-8-6-15;1-9(2)12-5-4-10(6-13-12)15-11-7-14(3)8-11;1-9(2)12-5-4-10(6-13-12)11-7-14(3)8-11/h3-4,9,12,14H,5-8,10-11H2,1-2H3;5-6,11-13H,7-10H2,1-4H3;5-6,11-12H,4,7-10H2,1-3H3;4-5,10-11H,6-9H2,1-3H3;3-4,9-10H,5-8H2,1-2H3;4-6,9,11H,7-8H2,1-3H3;4-6,9,11H,7-8H2,1-3H3. The van der Waals surface area contributed by atoms with Crippen molar-refractivity contribution < 1.29 is 19.0 Å². The molecule has 22 heteroatoms. The molecule has 636 valence electrons. The predicted octanol–water partition coefficient (Wildman–Crippen LogP) is 14.6. The number of nitrogens with zero attached hydrogens (tertiary/aromatic N) is 18. The first-order valence-corrected chi connectivity index (χ1v) is 43.8. The summed E-state index contributed by atoms with van der Waals surface area (Å²) < 4.78 is 16.2. The summed E-state index contributed by atoms with van der Waals surface area (Å²) in [5, 5.41) is 0. The Labute approximate surface area is 699 Å². The number of ether oxygens (including phenoxy) is 3. The molecular weight excluding hydrogens is 1450 g/mol. The molecule has 15 rings (SSSR count). The van der Waals surface area contributed by atoms with Crippen LogP contribution >= 0.6 is 0 Å². The molecule has 8 aliphatic heterocycles. The molecule has 0 N–H and O–H groups in total. The van der Waals surface area contributed by atoms with Gasteiger partial charge >= 0.3 is 0 Å². The first-order valence-electron chi connectivity index (χ1n) is 43.8. The van der Waals surface area contributed by atoms with E-state index in [1.807, 2.05) is 66.3 Å². The van der Waals surface area contributed by atoms with E-state index in [9.17, 15) is 4.79 Å². The van der Waals surface area contributed by atoms with Gasteiger partial charge in [0.15, 0.2) is 0 Å². The van der Waals surface area contributed by atoms with E-state index in [0.717, 1.165) is 135 Å².